The molecule has 0 aromatic carbocycles. The first-order valence-corrected chi connectivity index (χ1v) is 8.28. The molecule has 18 heavy (non-hydrogen) atoms. The van der Waals surface area contributed by atoms with Gasteiger partial charge in [0.1, 0.15) is 0 Å². The van der Waals surface area contributed by atoms with Crippen molar-refractivity contribution in [3.63, 3.8) is 0 Å². The molecule has 1 aliphatic rings. The van der Waals surface area contributed by atoms with Crippen molar-refractivity contribution in [3.05, 3.63) is 11.3 Å². The van der Waals surface area contributed by atoms with Crippen LogP contribution in [0.15, 0.2) is 5.03 Å². The predicted molar refractivity (Wildman–Crippen MR) is 69.9 cm³/mol. The number of thioether (sulfide) groups is 1. The number of aromatic nitrogens is 2. The van der Waals surface area contributed by atoms with Crippen LogP contribution >= 0.6 is 11.8 Å². The Morgan fingerprint density at radius 1 is 1.61 bits per heavy atom. The molecule has 102 valence electrons. The van der Waals surface area contributed by atoms with Gasteiger partial charge in [-0.05, 0) is 19.1 Å². The van der Waals surface area contributed by atoms with Crippen molar-refractivity contribution in [2.45, 2.75) is 31.0 Å². The van der Waals surface area contributed by atoms with Gasteiger partial charge in [-0.15, -0.1) is 0 Å². The van der Waals surface area contributed by atoms with Crippen LogP contribution in [-0.2, 0) is 16.6 Å². The minimum absolute atomic E-state index is 0.0172. The van der Waals surface area contributed by atoms with Crippen LogP contribution in [0.1, 0.15) is 17.7 Å². The number of rotatable bonds is 4. The largest absolute Gasteiger partial charge is 0.392 e. The lowest BCUT2D eigenvalue weighted by atomic mass is 10.3. The van der Waals surface area contributed by atoms with Crippen LogP contribution < -0.4 is 0 Å². The van der Waals surface area contributed by atoms with Crippen LogP contribution in [0.2, 0.25) is 0 Å². The summed E-state index contributed by atoms with van der Waals surface area (Å²) in [7, 11) is -2.05. The second-order valence-corrected chi connectivity index (χ2v) is 7.39. The summed E-state index contributed by atoms with van der Waals surface area (Å²) in [5.74, 6) is 1.80. The molecule has 1 aromatic rings. The van der Waals surface area contributed by atoms with Gasteiger partial charge in [-0.3, -0.25) is 5.10 Å². The topological polar surface area (TPSA) is 86.3 Å². The second-order valence-electron chi connectivity index (χ2n) is 4.33. The third-order valence-corrected chi connectivity index (χ3v) is 6.27. The van der Waals surface area contributed by atoms with Crippen LogP contribution in [0.3, 0.4) is 0 Å². The zero-order chi connectivity index (χ0) is 13.3. The molecule has 2 N–H and O–H groups in total. The van der Waals surface area contributed by atoms with E-state index < -0.39 is 10.0 Å². The molecule has 2 heterocycles. The highest BCUT2D eigenvalue weighted by Gasteiger charge is 2.34. The predicted octanol–water partition coefficient (Wildman–Crippen LogP) is 0.336. The maximum absolute atomic E-state index is 12.4. The molecule has 0 aliphatic carbocycles. The summed E-state index contributed by atoms with van der Waals surface area (Å²) in [5.41, 5.74) is 0.942. The van der Waals surface area contributed by atoms with Gasteiger partial charge in [-0.25, -0.2) is 8.42 Å². The summed E-state index contributed by atoms with van der Waals surface area (Å²) in [4.78, 5) is 0. The second kappa shape index (κ2) is 5.20. The first-order valence-electron chi connectivity index (χ1n) is 5.69. The van der Waals surface area contributed by atoms with Gasteiger partial charge < -0.3 is 5.11 Å². The summed E-state index contributed by atoms with van der Waals surface area (Å²) >= 11 is 1.75. The van der Waals surface area contributed by atoms with E-state index in [9.17, 15) is 13.5 Å². The van der Waals surface area contributed by atoms with Gasteiger partial charge in [0.05, 0.1) is 6.61 Å². The number of H-pyrrole nitrogens is 1. The number of hydrogen-bond donors (Lipinski definition) is 2. The van der Waals surface area contributed by atoms with Gasteiger partial charge in [0.25, 0.3) is 10.0 Å². The number of nitrogens with one attached hydrogen (secondary N) is 1. The molecular formula is C10H17N3O3S2. The lowest BCUT2D eigenvalue weighted by molar-refractivity contribution is 0.277. The van der Waals surface area contributed by atoms with Gasteiger partial charge in [-0.2, -0.15) is 21.2 Å². The lowest BCUT2D eigenvalue weighted by Gasteiger charge is -2.22. The molecule has 1 aliphatic heterocycles. The molecule has 0 bridgehead atoms. The van der Waals surface area contributed by atoms with Crippen molar-refractivity contribution >= 4 is 21.8 Å². The Hall–Kier alpha value is -0.570. The normalized spacial score (nSPS) is 20.8. The van der Waals surface area contributed by atoms with E-state index in [1.807, 2.05) is 0 Å². The number of hydrogen-bond acceptors (Lipinski definition) is 5. The van der Waals surface area contributed by atoms with Gasteiger partial charge in [0.2, 0.25) is 0 Å². The minimum atomic E-state index is -3.63. The van der Waals surface area contributed by atoms with E-state index >= 15 is 0 Å². The Kier molecular flexibility index (Phi) is 4.00. The Morgan fingerprint density at radius 3 is 2.89 bits per heavy atom. The smallest absolute Gasteiger partial charge is 0.262 e. The lowest BCUT2D eigenvalue weighted by Crippen LogP contribution is -2.37. The molecule has 6 nitrogen and oxygen atoms in total. The SMILES string of the molecule is Cc1[nH]nc(S(=O)(=O)N(C)C2CCSC2)c1CO. The number of aromatic amines is 1. The average Bonchev–Trinajstić information content (AvgIpc) is 2.96. The van der Waals surface area contributed by atoms with Crippen molar-refractivity contribution in [2.24, 2.45) is 0 Å². The maximum Gasteiger partial charge on any atom is 0.262 e. The van der Waals surface area contributed by atoms with E-state index in [1.54, 1.807) is 25.7 Å². The van der Waals surface area contributed by atoms with E-state index in [4.69, 9.17) is 0 Å². The molecule has 1 aromatic heterocycles. The third kappa shape index (κ3) is 2.29. The molecule has 0 spiro atoms. The Morgan fingerprint density at radius 2 is 2.33 bits per heavy atom. The molecule has 2 rings (SSSR count). The van der Waals surface area contributed by atoms with E-state index in [0.717, 1.165) is 17.9 Å². The molecule has 8 heteroatoms. The molecule has 0 saturated carbocycles. The van der Waals surface area contributed by atoms with E-state index in [1.165, 1.54) is 4.31 Å². The Bertz CT molecular complexity index is 520. The van der Waals surface area contributed by atoms with Crippen LogP contribution in [0.4, 0.5) is 0 Å². The molecule has 1 saturated heterocycles. The molecule has 0 radical (unpaired) electrons. The average molecular weight is 291 g/mol. The van der Waals surface area contributed by atoms with E-state index in [2.05, 4.69) is 10.2 Å². The van der Waals surface area contributed by atoms with Crippen molar-refractivity contribution in [1.29, 1.82) is 0 Å². The highest BCUT2D eigenvalue weighted by Crippen LogP contribution is 2.27. The van der Waals surface area contributed by atoms with E-state index in [0.29, 0.717) is 11.3 Å². The first-order chi connectivity index (χ1) is 8.48. The fraction of sp³-hybridized carbons (Fsp3) is 0.700. The van der Waals surface area contributed by atoms with Gasteiger partial charge in [-0.1, -0.05) is 0 Å². The van der Waals surface area contributed by atoms with Crippen LogP contribution in [0, 0.1) is 6.92 Å². The van der Waals surface area contributed by atoms with Crippen molar-refractivity contribution in [2.75, 3.05) is 18.6 Å². The Labute approximate surface area is 111 Å². The van der Waals surface area contributed by atoms with Gasteiger partial charge in [0, 0.05) is 30.1 Å². The number of aliphatic hydroxyl groups excluding tert-OH is 1. The number of sulfonamides is 1. The Balaban J connectivity index is 2.35. The molecule has 1 atom stereocenters. The minimum Gasteiger partial charge on any atom is -0.392 e. The molecule has 1 unspecified atom stereocenters. The van der Waals surface area contributed by atoms with Crippen LogP contribution in [-0.4, -0.2) is 52.6 Å². The number of aryl methyl sites for hydroxylation is 1. The first kappa shape index (κ1) is 13.9. The van der Waals surface area contributed by atoms with Crippen molar-refractivity contribution in [1.82, 2.24) is 14.5 Å². The fourth-order valence-electron chi connectivity index (χ4n) is 1.97. The van der Waals surface area contributed by atoms with E-state index in [-0.39, 0.29) is 17.7 Å². The highest BCUT2D eigenvalue weighted by molar-refractivity contribution is 7.99. The van der Waals surface area contributed by atoms with Gasteiger partial charge >= 0.3 is 0 Å². The van der Waals surface area contributed by atoms with Crippen LogP contribution in [0.5, 0.6) is 0 Å². The quantitative estimate of drug-likeness (QED) is 0.835. The summed E-state index contributed by atoms with van der Waals surface area (Å²) in [6.07, 6.45) is 0.859. The monoisotopic (exact) mass is 291 g/mol. The highest BCUT2D eigenvalue weighted by atomic mass is 32.2. The van der Waals surface area contributed by atoms with Gasteiger partial charge in [0.15, 0.2) is 5.03 Å². The third-order valence-electron chi connectivity index (χ3n) is 3.24. The number of nitrogens with zero attached hydrogens (tertiary/aromatic N) is 2. The van der Waals surface area contributed by atoms with Crippen molar-refractivity contribution < 1.29 is 13.5 Å². The maximum atomic E-state index is 12.4. The summed E-state index contributed by atoms with van der Waals surface area (Å²) < 4.78 is 26.2. The zero-order valence-electron chi connectivity index (χ0n) is 10.4. The molecule has 0 amide bonds. The summed E-state index contributed by atoms with van der Waals surface area (Å²) in [5, 5.41) is 15.6. The van der Waals surface area contributed by atoms with Crippen molar-refractivity contribution in [3.8, 4) is 0 Å². The number of aliphatic hydroxyl groups is 1. The molecular weight excluding hydrogens is 274 g/mol. The zero-order valence-corrected chi connectivity index (χ0v) is 12.0. The fourth-order valence-corrected chi connectivity index (χ4v) is 4.87. The van der Waals surface area contributed by atoms with Crippen LogP contribution in [0.25, 0.3) is 0 Å². The standard InChI is InChI=1S/C10H17N3O3S2/c1-7-9(5-14)10(12-11-7)18(15,16)13(2)8-3-4-17-6-8/h8,14H,3-6H2,1-2H3,(H,11,12). The summed E-state index contributed by atoms with van der Waals surface area (Å²) in [6.45, 7) is 1.37. The summed E-state index contributed by atoms with van der Waals surface area (Å²) in [6, 6.07) is 0.0172. The molecule has 1 fully saturated rings.